The number of rotatable bonds is 6. The lowest BCUT2D eigenvalue weighted by Gasteiger charge is -2.22. The molecule has 1 rings (SSSR count). The molecule has 1 aromatic carbocycles. The summed E-state index contributed by atoms with van der Waals surface area (Å²) in [6, 6.07) is 5.15. The highest BCUT2D eigenvalue weighted by Crippen LogP contribution is 2.21. The summed E-state index contributed by atoms with van der Waals surface area (Å²) in [7, 11) is -3.42. The molecule has 0 aromatic heterocycles. The Balaban J connectivity index is 3.18. The third kappa shape index (κ3) is 3.94. The molecule has 0 atom stereocenters. The second-order valence-corrected chi connectivity index (χ2v) is 7.28. The van der Waals surface area contributed by atoms with Crippen LogP contribution in [0.15, 0.2) is 23.1 Å². The van der Waals surface area contributed by atoms with E-state index < -0.39 is 10.0 Å². The minimum atomic E-state index is -3.42. The summed E-state index contributed by atoms with van der Waals surface area (Å²) >= 11 is 5.84. The second kappa shape index (κ2) is 6.73. The summed E-state index contributed by atoms with van der Waals surface area (Å²) in [5.74, 6) is 0.624. The van der Waals surface area contributed by atoms with Gasteiger partial charge in [-0.15, -0.1) is 11.6 Å². The largest absolute Gasteiger partial charge is 0.243 e. The van der Waals surface area contributed by atoms with E-state index in [1.165, 1.54) is 4.31 Å². The van der Waals surface area contributed by atoms with Gasteiger partial charge in [-0.2, -0.15) is 4.31 Å². The van der Waals surface area contributed by atoms with Crippen molar-refractivity contribution < 1.29 is 8.42 Å². The Kier molecular flexibility index (Phi) is 5.83. The highest BCUT2D eigenvalue weighted by atomic mass is 35.5. The molecule has 108 valence electrons. The normalized spacial score (nSPS) is 12.4. The lowest BCUT2D eigenvalue weighted by atomic mass is 10.1. The van der Waals surface area contributed by atoms with Crippen molar-refractivity contribution in [3.05, 3.63) is 29.3 Å². The second-order valence-electron chi connectivity index (χ2n) is 5.07. The van der Waals surface area contributed by atoms with Gasteiger partial charge in [0.25, 0.3) is 0 Å². The van der Waals surface area contributed by atoms with Crippen molar-refractivity contribution in [1.82, 2.24) is 4.31 Å². The van der Waals surface area contributed by atoms with E-state index in [1.807, 2.05) is 33.8 Å². The number of sulfonamides is 1. The molecular formula is C14H22ClNO2S. The summed E-state index contributed by atoms with van der Waals surface area (Å²) in [6.07, 6.45) is 0. The Morgan fingerprint density at radius 2 is 1.95 bits per heavy atom. The molecule has 0 amide bonds. The summed E-state index contributed by atoms with van der Waals surface area (Å²) in [5, 5.41) is 0. The maximum absolute atomic E-state index is 12.6. The van der Waals surface area contributed by atoms with Crippen molar-refractivity contribution >= 4 is 21.6 Å². The minimum absolute atomic E-state index is 0.299. The molecule has 0 aliphatic rings. The fourth-order valence-corrected chi connectivity index (χ4v) is 3.86. The van der Waals surface area contributed by atoms with Crippen molar-refractivity contribution in [2.24, 2.45) is 5.92 Å². The van der Waals surface area contributed by atoms with Crippen LogP contribution in [-0.2, 0) is 15.9 Å². The van der Waals surface area contributed by atoms with E-state index in [2.05, 4.69) is 0 Å². The highest BCUT2D eigenvalue weighted by molar-refractivity contribution is 7.89. The number of benzene rings is 1. The van der Waals surface area contributed by atoms with Gasteiger partial charge in [0.15, 0.2) is 0 Å². The van der Waals surface area contributed by atoms with Gasteiger partial charge in [-0.25, -0.2) is 8.42 Å². The molecule has 19 heavy (non-hydrogen) atoms. The van der Waals surface area contributed by atoms with Crippen LogP contribution in [-0.4, -0.2) is 25.8 Å². The van der Waals surface area contributed by atoms with Gasteiger partial charge in [0.1, 0.15) is 0 Å². The summed E-state index contributed by atoms with van der Waals surface area (Å²) in [6.45, 7) is 8.82. The predicted molar refractivity (Wildman–Crippen MR) is 80.0 cm³/mol. The molecule has 0 bridgehead atoms. The summed E-state index contributed by atoms with van der Waals surface area (Å²) in [5.41, 5.74) is 1.88. The number of nitrogens with zero attached hydrogens (tertiary/aromatic N) is 1. The molecule has 0 unspecified atom stereocenters. The van der Waals surface area contributed by atoms with Gasteiger partial charge in [0.2, 0.25) is 10.0 Å². The van der Waals surface area contributed by atoms with Crippen LogP contribution in [0, 0.1) is 12.8 Å². The van der Waals surface area contributed by atoms with Crippen LogP contribution in [0.4, 0.5) is 0 Å². The number of hydrogen-bond donors (Lipinski definition) is 0. The zero-order valence-electron chi connectivity index (χ0n) is 12.0. The number of aryl methyl sites for hydroxylation is 1. The van der Waals surface area contributed by atoms with Crippen molar-refractivity contribution in [3.8, 4) is 0 Å². The molecule has 0 saturated carbocycles. The minimum Gasteiger partial charge on any atom is -0.207 e. The molecule has 0 heterocycles. The van der Waals surface area contributed by atoms with Crippen LogP contribution < -0.4 is 0 Å². The fraction of sp³-hybridized carbons (Fsp3) is 0.571. The van der Waals surface area contributed by atoms with Gasteiger partial charge in [-0.1, -0.05) is 26.8 Å². The fourth-order valence-electron chi connectivity index (χ4n) is 1.91. The highest BCUT2D eigenvalue weighted by Gasteiger charge is 2.24. The average molecular weight is 304 g/mol. The first-order chi connectivity index (χ1) is 8.82. The zero-order chi connectivity index (χ0) is 14.6. The Bertz CT molecular complexity index is 526. The van der Waals surface area contributed by atoms with Crippen molar-refractivity contribution in [1.29, 1.82) is 0 Å². The van der Waals surface area contributed by atoms with Gasteiger partial charge in [0, 0.05) is 19.0 Å². The molecular weight excluding hydrogens is 282 g/mol. The molecule has 0 aliphatic heterocycles. The third-order valence-electron chi connectivity index (χ3n) is 3.02. The van der Waals surface area contributed by atoms with Crippen LogP contribution in [0.3, 0.4) is 0 Å². The summed E-state index contributed by atoms with van der Waals surface area (Å²) in [4.78, 5) is 0.330. The van der Waals surface area contributed by atoms with Gasteiger partial charge < -0.3 is 0 Å². The van der Waals surface area contributed by atoms with E-state index in [-0.39, 0.29) is 0 Å². The molecule has 5 heteroatoms. The zero-order valence-corrected chi connectivity index (χ0v) is 13.6. The van der Waals surface area contributed by atoms with E-state index in [9.17, 15) is 8.42 Å². The topological polar surface area (TPSA) is 37.4 Å². The van der Waals surface area contributed by atoms with Crippen LogP contribution in [0.2, 0.25) is 0 Å². The van der Waals surface area contributed by atoms with Gasteiger partial charge in [-0.3, -0.25) is 0 Å². The molecule has 3 nitrogen and oxygen atoms in total. The molecule has 0 aliphatic carbocycles. The van der Waals surface area contributed by atoms with E-state index in [4.69, 9.17) is 11.6 Å². The third-order valence-corrected chi connectivity index (χ3v) is 5.25. The number of hydrogen-bond acceptors (Lipinski definition) is 2. The van der Waals surface area contributed by atoms with Crippen LogP contribution in [0.25, 0.3) is 0 Å². The van der Waals surface area contributed by atoms with Crippen molar-refractivity contribution in [3.63, 3.8) is 0 Å². The first-order valence-electron chi connectivity index (χ1n) is 6.48. The van der Waals surface area contributed by atoms with E-state index in [1.54, 1.807) is 12.1 Å². The van der Waals surface area contributed by atoms with E-state index in [0.717, 1.165) is 11.1 Å². The van der Waals surface area contributed by atoms with Gasteiger partial charge >= 0.3 is 0 Å². The number of halogens is 1. The van der Waals surface area contributed by atoms with Crippen molar-refractivity contribution in [2.45, 2.75) is 38.5 Å². The molecule has 0 N–H and O–H groups in total. The Morgan fingerprint density at radius 1 is 1.32 bits per heavy atom. The smallest absolute Gasteiger partial charge is 0.207 e. The molecule has 0 radical (unpaired) electrons. The average Bonchev–Trinajstić information content (AvgIpc) is 2.35. The van der Waals surface area contributed by atoms with E-state index in [0.29, 0.717) is 29.8 Å². The lowest BCUT2D eigenvalue weighted by Crippen LogP contribution is -2.34. The maximum Gasteiger partial charge on any atom is 0.243 e. The standard InChI is InChI=1S/C14H22ClNO2S/c1-5-16(10-11(2)3)19(17,18)14-7-6-12(4)13(8-14)9-15/h6-8,11H,5,9-10H2,1-4H3. The Hall–Kier alpha value is -0.580. The van der Waals surface area contributed by atoms with E-state index >= 15 is 0 Å². The lowest BCUT2D eigenvalue weighted by molar-refractivity contribution is 0.381. The number of alkyl halides is 1. The van der Waals surface area contributed by atoms with Crippen LogP contribution >= 0.6 is 11.6 Å². The SMILES string of the molecule is CCN(CC(C)C)S(=O)(=O)c1ccc(C)c(CCl)c1. The Labute approximate surface area is 121 Å². The molecule has 0 spiro atoms. The quantitative estimate of drug-likeness (QED) is 0.755. The first-order valence-corrected chi connectivity index (χ1v) is 8.46. The van der Waals surface area contributed by atoms with Crippen LogP contribution in [0.1, 0.15) is 31.9 Å². The van der Waals surface area contributed by atoms with Crippen molar-refractivity contribution in [2.75, 3.05) is 13.1 Å². The van der Waals surface area contributed by atoms with Gasteiger partial charge in [0.05, 0.1) is 4.90 Å². The van der Waals surface area contributed by atoms with Gasteiger partial charge in [-0.05, 0) is 36.1 Å². The predicted octanol–water partition coefficient (Wildman–Crippen LogP) is 3.40. The Morgan fingerprint density at radius 3 is 2.42 bits per heavy atom. The monoisotopic (exact) mass is 303 g/mol. The first kappa shape index (κ1) is 16.5. The molecule has 1 aromatic rings. The molecule has 0 fully saturated rings. The van der Waals surface area contributed by atoms with Crippen LogP contribution in [0.5, 0.6) is 0 Å². The molecule has 0 saturated heterocycles. The summed E-state index contributed by atoms with van der Waals surface area (Å²) < 4.78 is 26.6. The maximum atomic E-state index is 12.6.